The summed E-state index contributed by atoms with van der Waals surface area (Å²) in [6.07, 6.45) is 6.41. The van der Waals surface area contributed by atoms with Crippen LogP contribution in [-0.4, -0.2) is 12.1 Å². The van der Waals surface area contributed by atoms with E-state index in [1.165, 1.54) is 31.2 Å². The maximum atomic E-state index is 5.91. The summed E-state index contributed by atoms with van der Waals surface area (Å²) in [5.74, 6) is 0. The summed E-state index contributed by atoms with van der Waals surface area (Å²) in [4.78, 5) is 0. The van der Waals surface area contributed by atoms with Crippen LogP contribution in [0, 0.1) is 5.41 Å². The van der Waals surface area contributed by atoms with Gasteiger partial charge >= 0.3 is 0 Å². The van der Waals surface area contributed by atoms with Gasteiger partial charge < -0.3 is 5.32 Å². The molecule has 1 N–H and O–H groups in total. The Morgan fingerprint density at radius 1 is 1.21 bits per heavy atom. The molecule has 1 unspecified atom stereocenters. The minimum Gasteiger partial charge on any atom is -0.311 e. The van der Waals surface area contributed by atoms with E-state index in [-0.39, 0.29) is 0 Å². The molecule has 1 atom stereocenters. The Labute approximate surface area is 122 Å². The fourth-order valence-electron chi connectivity index (χ4n) is 3.00. The molecule has 0 heterocycles. The summed E-state index contributed by atoms with van der Waals surface area (Å²) < 4.78 is 0. The van der Waals surface area contributed by atoms with Crippen molar-refractivity contribution >= 4 is 11.6 Å². The second kappa shape index (κ2) is 6.28. The van der Waals surface area contributed by atoms with E-state index in [1.54, 1.807) is 0 Å². The van der Waals surface area contributed by atoms with Gasteiger partial charge in [-0.15, -0.1) is 0 Å². The molecule has 1 saturated carbocycles. The van der Waals surface area contributed by atoms with Crippen molar-refractivity contribution in [2.75, 3.05) is 0 Å². The highest BCUT2D eigenvalue weighted by molar-refractivity contribution is 6.30. The van der Waals surface area contributed by atoms with Crippen LogP contribution in [0.4, 0.5) is 0 Å². The third-order valence-electron chi connectivity index (χ3n) is 4.31. The number of hydrogen-bond acceptors (Lipinski definition) is 1. The first-order valence-electron chi connectivity index (χ1n) is 7.45. The van der Waals surface area contributed by atoms with E-state index >= 15 is 0 Å². The molecule has 19 heavy (non-hydrogen) atoms. The molecule has 1 aromatic carbocycles. The molecule has 0 aliphatic heterocycles. The average Bonchev–Trinajstić information content (AvgIpc) is 2.35. The zero-order chi connectivity index (χ0) is 13.9. The standard InChI is InChI=1S/C17H26ClN/c1-13(12-14-4-6-15(18)7-5-14)19-16-8-10-17(2,3)11-9-16/h4-7,13,16,19H,8-12H2,1-3H3. The number of rotatable bonds is 4. The number of benzene rings is 1. The SMILES string of the molecule is CC(Cc1ccc(Cl)cc1)NC1CCC(C)(C)CC1. The zero-order valence-electron chi connectivity index (χ0n) is 12.4. The Morgan fingerprint density at radius 2 is 1.79 bits per heavy atom. The van der Waals surface area contributed by atoms with Gasteiger partial charge in [0, 0.05) is 17.1 Å². The molecule has 1 fully saturated rings. The summed E-state index contributed by atoms with van der Waals surface area (Å²) in [5, 5.41) is 4.61. The molecule has 2 rings (SSSR count). The first kappa shape index (κ1) is 14.9. The van der Waals surface area contributed by atoms with Crippen molar-refractivity contribution in [3.05, 3.63) is 34.9 Å². The monoisotopic (exact) mass is 279 g/mol. The normalized spacial score (nSPS) is 21.3. The van der Waals surface area contributed by atoms with Gasteiger partial charge in [-0.05, 0) is 62.1 Å². The van der Waals surface area contributed by atoms with E-state index in [4.69, 9.17) is 11.6 Å². The topological polar surface area (TPSA) is 12.0 Å². The summed E-state index contributed by atoms with van der Waals surface area (Å²) in [6.45, 7) is 7.06. The van der Waals surface area contributed by atoms with Crippen LogP contribution in [0.25, 0.3) is 0 Å². The predicted octanol–water partition coefficient (Wildman–Crippen LogP) is 4.83. The summed E-state index contributed by atoms with van der Waals surface area (Å²) in [7, 11) is 0. The molecule has 1 aliphatic rings. The van der Waals surface area contributed by atoms with Crippen molar-refractivity contribution in [3.63, 3.8) is 0 Å². The molecule has 0 saturated heterocycles. The number of halogens is 1. The van der Waals surface area contributed by atoms with Gasteiger partial charge in [-0.2, -0.15) is 0 Å². The Kier molecular flexibility index (Phi) is 4.92. The average molecular weight is 280 g/mol. The van der Waals surface area contributed by atoms with Crippen molar-refractivity contribution in [2.45, 2.75) is 65.0 Å². The highest BCUT2D eigenvalue weighted by atomic mass is 35.5. The number of hydrogen-bond donors (Lipinski definition) is 1. The van der Waals surface area contributed by atoms with Gasteiger partial charge in [-0.3, -0.25) is 0 Å². The van der Waals surface area contributed by atoms with Crippen LogP contribution < -0.4 is 5.32 Å². The van der Waals surface area contributed by atoms with Gasteiger partial charge in [0.2, 0.25) is 0 Å². The Hall–Kier alpha value is -0.530. The van der Waals surface area contributed by atoms with E-state index in [2.05, 4.69) is 38.2 Å². The minimum atomic E-state index is 0.535. The van der Waals surface area contributed by atoms with Crippen LogP contribution in [0.5, 0.6) is 0 Å². The summed E-state index contributed by atoms with van der Waals surface area (Å²) >= 11 is 5.91. The molecule has 1 aromatic rings. The molecule has 0 bridgehead atoms. The van der Waals surface area contributed by atoms with E-state index in [0.29, 0.717) is 17.5 Å². The fraction of sp³-hybridized carbons (Fsp3) is 0.647. The maximum Gasteiger partial charge on any atom is 0.0406 e. The van der Waals surface area contributed by atoms with E-state index < -0.39 is 0 Å². The molecule has 0 spiro atoms. The minimum absolute atomic E-state index is 0.535. The van der Waals surface area contributed by atoms with Crippen molar-refractivity contribution in [1.29, 1.82) is 0 Å². The lowest BCUT2D eigenvalue weighted by atomic mass is 9.75. The van der Waals surface area contributed by atoms with Crippen LogP contribution in [0.3, 0.4) is 0 Å². The van der Waals surface area contributed by atoms with Crippen LogP contribution in [0.1, 0.15) is 52.0 Å². The van der Waals surface area contributed by atoms with Crippen molar-refractivity contribution in [3.8, 4) is 0 Å². The van der Waals surface area contributed by atoms with Gasteiger partial charge in [-0.1, -0.05) is 37.6 Å². The molecule has 106 valence electrons. The Morgan fingerprint density at radius 3 is 2.37 bits per heavy atom. The van der Waals surface area contributed by atoms with Crippen LogP contribution >= 0.6 is 11.6 Å². The highest BCUT2D eigenvalue weighted by Gasteiger charge is 2.27. The molecule has 1 aliphatic carbocycles. The quantitative estimate of drug-likeness (QED) is 0.832. The van der Waals surface area contributed by atoms with Gasteiger partial charge in [0.1, 0.15) is 0 Å². The molecule has 0 aromatic heterocycles. The van der Waals surface area contributed by atoms with Gasteiger partial charge in [-0.25, -0.2) is 0 Å². The molecular weight excluding hydrogens is 254 g/mol. The van der Waals surface area contributed by atoms with E-state index in [9.17, 15) is 0 Å². The molecule has 0 amide bonds. The first-order chi connectivity index (χ1) is 8.94. The summed E-state index contributed by atoms with van der Waals surface area (Å²) in [5.41, 5.74) is 1.91. The first-order valence-corrected chi connectivity index (χ1v) is 7.83. The molecule has 1 nitrogen and oxygen atoms in total. The Bertz CT molecular complexity index is 386. The van der Waals surface area contributed by atoms with E-state index in [0.717, 1.165) is 11.4 Å². The maximum absolute atomic E-state index is 5.91. The van der Waals surface area contributed by atoms with Gasteiger partial charge in [0.25, 0.3) is 0 Å². The predicted molar refractivity (Wildman–Crippen MR) is 83.8 cm³/mol. The second-order valence-corrected chi connectivity index (χ2v) is 7.27. The lowest BCUT2D eigenvalue weighted by Crippen LogP contribution is -2.41. The fourth-order valence-corrected chi connectivity index (χ4v) is 3.13. The second-order valence-electron chi connectivity index (χ2n) is 6.84. The van der Waals surface area contributed by atoms with E-state index in [1.807, 2.05) is 12.1 Å². The van der Waals surface area contributed by atoms with Crippen molar-refractivity contribution < 1.29 is 0 Å². The lowest BCUT2D eigenvalue weighted by molar-refractivity contribution is 0.199. The van der Waals surface area contributed by atoms with Crippen molar-refractivity contribution in [1.82, 2.24) is 5.32 Å². The lowest BCUT2D eigenvalue weighted by Gasteiger charge is -2.36. The zero-order valence-corrected chi connectivity index (χ0v) is 13.1. The highest BCUT2D eigenvalue weighted by Crippen LogP contribution is 2.35. The van der Waals surface area contributed by atoms with Gasteiger partial charge in [0.15, 0.2) is 0 Å². The third kappa shape index (κ3) is 4.81. The van der Waals surface area contributed by atoms with Crippen LogP contribution in [-0.2, 0) is 6.42 Å². The largest absolute Gasteiger partial charge is 0.311 e. The van der Waals surface area contributed by atoms with Crippen LogP contribution in [0.2, 0.25) is 5.02 Å². The molecule has 2 heteroatoms. The molecule has 0 radical (unpaired) electrons. The Balaban J connectivity index is 1.78. The van der Waals surface area contributed by atoms with Crippen molar-refractivity contribution in [2.24, 2.45) is 5.41 Å². The molecular formula is C17H26ClN. The van der Waals surface area contributed by atoms with Gasteiger partial charge in [0.05, 0.1) is 0 Å². The summed E-state index contributed by atoms with van der Waals surface area (Å²) in [6, 6.07) is 9.46. The third-order valence-corrected chi connectivity index (χ3v) is 4.57. The number of nitrogens with one attached hydrogen (secondary N) is 1. The smallest absolute Gasteiger partial charge is 0.0406 e. The van der Waals surface area contributed by atoms with Crippen LogP contribution in [0.15, 0.2) is 24.3 Å².